The molecule has 6 heterocycles. The van der Waals surface area contributed by atoms with Crippen LogP contribution in [0.25, 0.3) is 11.5 Å². The SMILES string of the molecule is O=C(Nc1cccc(-c2nnc3n2CCC3)n1)c1cc2c(cn1)CCN(c1ccccn1)C2. The van der Waals surface area contributed by atoms with Crippen molar-refractivity contribution in [2.75, 3.05) is 16.8 Å². The second-order valence-corrected chi connectivity index (χ2v) is 8.25. The van der Waals surface area contributed by atoms with Gasteiger partial charge in [-0.1, -0.05) is 12.1 Å². The number of nitrogens with zero attached hydrogens (tertiary/aromatic N) is 7. The number of pyridine rings is 3. The van der Waals surface area contributed by atoms with Crippen LogP contribution in [0.15, 0.2) is 54.9 Å². The van der Waals surface area contributed by atoms with E-state index in [0.717, 1.165) is 55.4 Å². The number of nitrogens with one attached hydrogen (secondary N) is 1. The van der Waals surface area contributed by atoms with Crippen LogP contribution in [-0.4, -0.2) is 42.2 Å². The van der Waals surface area contributed by atoms with Crippen molar-refractivity contribution >= 4 is 17.5 Å². The van der Waals surface area contributed by atoms with Crippen LogP contribution in [0.3, 0.4) is 0 Å². The highest BCUT2D eigenvalue weighted by Gasteiger charge is 2.21. The molecule has 0 spiro atoms. The first-order chi connectivity index (χ1) is 16.2. The van der Waals surface area contributed by atoms with Gasteiger partial charge in [0.1, 0.15) is 28.8 Å². The van der Waals surface area contributed by atoms with Gasteiger partial charge in [0, 0.05) is 38.4 Å². The molecule has 0 atom stereocenters. The van der Waals surface area contributed by atoms with Gasteiger partial charge in [0.05, 0.1) is 0 Å². The molecule has 33 heavy (non-hydrogen) atoms. The largest absolute Gasteiger partial charge is 0.352 e. The third-order valence-corrected chi connectivity index (χ3v) is 6.13. The zero-order valence-electron chi connectivity index (χ0n) is 18.0. The summed E-state index contributed by atoms with van der Waals surface area (Å²) >= 11 is 0. The molecule has 0 unspecified atom stereocenters. The van der Waals surface area contributed by atoms with Crippen LogP contribution in [0.2, 0.25) is 0 Å². The minimum atomic E-state index is -0.288. The molecule has 9 heteroatoms. The van der Waals surface area contributed by atoms with E-state index in [1.54, 1.807) is 12.3 Å². The van der Waals surface area contributed by atoms with E-state index in [0.29, 0.717) is 23.8 Å². The summed E-state index contributed by atoms with van der Waals surface area (Å²) in [4.78, 5) is 28.6. The fourth-order valence-corrected chi connectivity index (χ4v) is 4.45. The fourth-order valence-electron chi connectivity index (χ4n) is 4.45. The number of amides is 1. The van der Waals surface area contributed by atoms with Gasteiger partial charge in [-0.05, 0) is 54.3 Å². The van der Waals surface area contributed by atoms with Crippen molar-refractivity contribution in [3.8, 4) is 11.5 Å². The maximum Gasteiger partial charge on any atom is 0.275 e. The molecule has 0 radical (unpaired) electrons. The molecule has 2 aliphatic heterocycles. The lowest BCUT2D eigenvalue weighted by molar-refractivity contribution is 0.102. The Bertz CT molecular complexity index is 1330. The van der Waals surface area contributed by atoms with Crippen molar-refractivity contribution < 1.29 is 4.79 Å². The maximum atomic E-state index is 13.0. The van der Waals surface area contributed by atoms with Gasteiger partial charge in [-0.25, -0.2) is 9.97 Å². The van der Waals surface area contributed by atoms with E-state index in [1.165, 1.54) is 5.56 Å². The van der Waals surface area contributed by atoms with E-state index >= 15 is 0 Å². The summed E-state index contributed by atoms with van der Waals surface area (Å²) in [5.74, 6) is 2.83. The van der Waals surface area contributed by atoms with Crippen molar-refractivity contribution in [1.29, 1.82) is 0 Å². The van der Waals surface area contributed by atoms with Gasteiger partial charge < -0.3 is 14.8 Å². The fraction of sp³-hybridized carbons (Fsp3) is 0.250. The molecule has 0 aliphatic carbocycles. The van der Waals surface area contributed by atoms with Crippen molar-refractivity contribution in [3.63, 3.8) is 0 Å². The van der Waals surface area contributed by atoms with E-state index in [1.807, 2.05) is 42.6 Å². The second kappa shape index (κ2) is 8.09. The smallest absolute Gasteiger partial charge is 0.275 e. The highest BCUT2D eigenvalue weighted by Crippen LogP contribution is 2.25. The molecule has 0 saturated carbocycles. The van der Waals surface area contributed by atoms with E-state index in [9.17, 15) is 4.79 Å². The standard InChI is InChI=1S/C24H22N8O/c33-24(28-20-6-3-5-18(27-20)23-30-29-22-8-4-11-32(22)23)19-13-17-15-31(12-9-16(17)14-26-19)21-7-1-2-10-25-21/h1-3,5-7,10,13-14H,4,8-9,11-12,15H2,(H,27,28,33). The third kappa shape index (κ3) is 3.71. The third-order valence-electron chi connectivity index (χ3n) is 6.13. The number of anilines is 2. The molecule has 0 aromatic carbocycles. The minimum Gasteiger partial charge on any atom is -0.352 e. The second-order valence-electron chi connectivity index (χ2n) is 8.25. The van der Waals surface area contributed by atoms with Gasteiger partial charge in [0.2, 0.25) is 0 Å². The van der Waals surface area contributed by atoms with E-state index in [2.05, 4.69) is 39.9 Å². The Hall–Kier alpha value is -4.14. The van der Waals surface area contributed by atoms with Crippen LogP contribution in [0.1, 0.15) is 33.9 Å². The molecule has 6 rings (SSSR count). The van der Waals surface area contributed by atoms with Gasteiger partial charge in [0.15, 0.2) is 5.82 Å². The van der Waals surface area contributed by atoms with Crippen LogP contribution in [0.4, 0.5) is 11.6 Å². The number of carbonyl (C=O) groups excluding carboxylic acids is 1. The summed E-state index contributed by atoms with van der Waals surface area (Å²) < 4.78 is 2.09. The van der Waals surface area contributed by atoms with Gasteiger partial charge in [-0.15, -0.1) is 10.2 Å². The first-order valence-corrected chi connectivity index (χ1v) is 11.1. The number of hydrogen-bond acceptors (Lipinski definition) is 7. The highest BCUT2D eigenvalue weighted by molar-refractivity contribution is 6.02. The number of rotatable bonds is 4. The predicted molar refractivity (Wildman–Crippen MR) is 123 cm³/mol. The van der Waals surface area contributed by atoms with Crippen molar-refractivity contribution in [1.82, 2.24) is 29.7 Å². The van der Waals surface area contributed by atoms with Crippen LogP contribution >= 0.6 is 0 Å². The first-order valence-electron chi connectivity index (χ1n) is 11.1. The van der Waals surface area contributed by atoms with Gasteiger partial charge in [0.25, 0.3) is 5.91 Å². The quantitative estimate of drug-likeness (QED) is 0.523. The summed E-state index contributed by atoms with van der Waals surface area (Å²) in [6.07, 6.45) is 6.48. The van der Waals surface area contributed by atoms with Crippen molar-refractivity contribution in [2.24, 2.45) is 0 Å². The molecule has 9 nitrogen and oxygen atoms in total. The molecule has 1 amide bonds. The highest BCUT2D eigenvalue weighted by atomic mass is 16.1. The number of hydrogen-bond donors (Lipinski definition) is 1. The Morgan fingerprint density at radius 3 is 2.85 bits per heavy atom. The van der Waals surface area contributed by atoms with E-state index in [4.69, 9.17) is 0 Å². The van der Waals surface area contributed by atoms with Crippen molar-refractivity contribution in [3.05, 3.63) is 77.5 Å². The monoisotopic (exact) mass is 438 g/mol. The molecule has 0 fully saturated rings. The minimum absolute atomic E-state index is 0.288. The van der Waals surface area contributed by atoms with Gasteiger partial charge in [-0.2, -0.15) is 0 Å². The number of fused-ring (bicyclic) bond motifs is 2. The average Bonchev–Trinajstić information content (AvgIpc) is 3.48. The number of carbonyl (C=O) groups is 1. The van der Waals surface area contributed by atoms with E-state index in [-0.39, 0.29) is 5.91 Å². The lowest BCUT2D eigenvalue weighted by Crippen LogP contribution is -2.31. The average molecular weight is 438 g/mol. The normalized spacial score (nSPS) is 14.6. The van der Waals surface area contributed by atoms with Crippen LogP contribution in [0.5, 0.6) is 0 Å². The number of aromatic nitrogens is 6. The predicted octanol–water partition coefficient (Wildman–Crippen LogP) is 2.89. The Morgan fingerprint density at radius 2 is 1.94 bits per heavy atom. The van der Waals surface area contributed by atoms with Crippen molar-refractivity contribution in [2.45, 2.75) is 32.4 Å². The lowest BCUT2D eigenvalue weighted by atomic mass is 10.0. The maximum absolute atomic E-state index is 13.0. The summed E-state index contributed by atoms with van der Waals surface area (Å²) in [7, 11) is 0. The first kappa shape index (κ1) is 19.5. The molecule has 164 valence electrons. The molecule has 0 bridgehead atoms. The summed E-state index contributed by atoms with van der Waals surface area (Å²) in [6, 6.07) is 13.3. The zero-order valence-corrected chi connectivity index (χ0v) is 18.0. The molecular formula is C24H22N8O. The Labute approximate surface area is 190 Å². The molecule has 1 N–H and O–H groups in total. The van der Waals surface area contributed by atoms with Crippen LogP contribution in [-0.2, 0) is 25.9 Å². The Kier molecular flexibility index (Phi) is 4.79. The summed E-state index contributed by atoms with van der Waals surface area (Å²) in [5.41, 5.74) is 3.32. The summed E-state index contributed by atoms with van der Waals surface area (Å²) in [6.45, 7) is 2.46. The van der Waals surface area contributed by atoms with E-state index < -0.39 is 0 Å². The topological polar surface area (TPSA) is 102 Å². The number of aryl methyl sites for hydroxylation is 1. The Balaban J connectivity index is 1.21. The van der Waals surface area contributed by atoms with Gasteiger partial charge in [-0.3, -0.25) is 9.78 Å². The zero-order chi connectivity index (χ0) is 22.2. The lowest BCUT2D eigenvalue weighted by Gasteiger charge is -2.29. The van der Waals surface area contributed by atoms with Crippen LogP contribution < -0.4 is 10.2 Å². The molecule has 4 aromatic heterocycles. The van der Waals surface area contributed by atoms with Crippen LogP contribution in [0, 0.1) is 0 Å². The summed E-state index contributed by atoms with van der Waals surface area (Å²) in [5, 5.41) is 11.4. The molecule has 2 aliphatic rings. The Morgan fingerprint density at radius 1 is 0.970 bits per heavy atom. The molecule has 4 aromatic rings. The van der Waals surface area contributed by atoms with Gasteiger partial charge >= 0.3 is 0 Å². The molecular weight excluding hydrogens is 416 g/mol. The molecule has 0 saturated heterocycles.